The highest BCUT2D eigenvalue weighted by atomic mass is 16.5. The fourth-order valence-electron chi connectivity index (χ4n) is 3.91. The summed E-state index contributed by atoms with van der Waals surface area (Å²) in [6.45, 7) is 0.417. The summed E-state index contributed by atoms with van der Waals surface area (Å²) in [5.74, 6) is 0.299. The zero-order valence-corrected chi connectivity index (χ0v) is 17.5. The Morgan fingerprint density at radius 2 is 2.03 bits per heavy atom. The van der Waals surface area contributed by atoms with Gasteiger partial charge in [-0.1, -0.05) is 11.6 Å². The number of rotatable bonds is 7. The van der Waals surface area contributed by atoms with Crippen molar-refractivity contribution >= 4 is 17.9 Å². The normalized spacial score (nSPS) is 21.2. The van der Waals surface area contributed by atoms with Crippen molar-refractivity contribution in [1.29, 1.82) is 0 Å². The van der Waals surface area contributed by atoms with E-state index in [4.69, 9.17) is 9.47 Å². The first-order valence-electron chi connectivity index (χ1n) is 10.7. The SMILES string of the molecule is Cn1nnc(-c2ccc(O[C@H]3CCC[C@H](C(=O)O)C3)cn2)c1NC(=O)OCC1CCC1. The van der Waals surface area contributed by atoms with Gasteiger partial charge in [-0.2, -0.15) is 0 Å². The number of amides is 1. The predicted octanol–water partition coefficient (Wildman–Crippen LogP) is 3.25. The number of carboxylic acids is 1. The maximum atomic E-state index is 12.2. The minimum absolute atomic E-state index is 0.137. The number of nitrogens with one attached hydrogen (secondary N) is 1. The zero-order chi connectivity index (χ0) is 21.8. The lowest BCUT2D eigenvalue weighted by Crippen LogP contribution is -2.29. The Balaban J connectivity index is 1.38. The van der Waals surface area contributed by atoms with E-state index in [1.807, 2.05) is 0 Å². The minimum atomic E-state index is -0.768. The van der Waals surface area contributed by atoms with Crippen molar-refractivity contribution < 1.29 is 24.2 Å². The van der Waals surface area contributed by atoms with E-state index in [0.717, 1.165) is 25.7 Å². The number of nitrogens with zero attached hydrogens (tertiary/aromatic N) is 4. The van der Waals surface area contributed by atoms with Crippen LogP contribution in [0.15, 0.2) is 18.3 Å². The van der Waals surface area contributed by atoms with Gasteiger partial charge in [0, 0.05) is 7.05 Å². The van der Waals surface area contributed by atoms with Crippen LogP contribution in [0.4, 0.5) is 10.6 Å². The van der Waals surface area contributed by atoms with Crippen molar-refractivity contribution in [3.8, 4) is 17.1 Å². The minimum Gasteiger partial charge on any atom is -0.489 e. The summed E-state index contributed by atoms with van der Waals surface area (Å²) in [5.41, 5.74) is 0.958. The number of hydrogen-bond donors (Lipinski definition) is 2. The van der Waals surface area contributed by atoms with Gasteiger partial charge in [-0.15, -0.1) is 5.10 Å². The van der Waals surface area contributed by atoms with E-state index in [-0.39, 0.29) is 12.0 Å². The van der Waals surface area contributed by atoms with Crippen molar-refractivity contribution in [2.24, 2.45) is 18.9 Å². The number of aryl methyl sites for hydroxylation is 1. The van der Waals surface area contributed by atoms with E-state index in [0.29, 0.717) is 48.3 Å². The highest BCUT2D eigenvalue weighted by Gasteiger charge is 2.28. The molecule has 2 aromatic rings. The van der Waals surface area contributed by atoms with Gasteiger partial charge in [0.05, 0.1) is 30.5 Å². The molecule has 10 nitrogen and oxygen atoms in total. The molecule has 2 aliphatic rings. The predicted molar refractivity (Wildman–Crippen MR) is 111 cm³/mol. The smallest absolute Gasteiger partial charge is 0.412 e. The van der Waals surface area contributed by atoms with Crippen LogP contribution in [0.3, 0.4) is 0 Å². The van der Waals surface area contributed by atoms with Crippen LogP contribution in [0.25, 0.3) is 11.4 Å². The van der Waals surface area contributed by atoms with E-state index in [9.17, 15) is 14.7 Å². The van der Waals surface area contributed by atoms with Crippen LogP contribution in [-0.2, 0) is 16.6 Å². The third-order valence-corrected chi connectivity index (χ3v) is 5.98. The van der Waals surface area contributed by atoms with E-state index in [1.54, 1.807) is 25.4 Å². The maximum Gasteiger partial charge on any atom is 0.412 e. The average Bonchev–Trinajstić information content (AvgIpc) is 3.08. The van der Waals surface area contributed by atoms with Crippen molar-refractivity contribution in [3.05, 3.63) is 18.3 Å². The van der Waals surface area contributed by atoms with E-state index in [2.05, 4.69) is 20.6 Å². The molecule has 0 bridgehead atoms. The Morgan fingerprint density at radius 3 is 2.71 bits per heavy atom. The van der Waals surface area contributed by atoms with Gasteiger partial charge < -0.3 is 14.6 Å². The second-order valence-corrected chi connectivity index (χ2v) is 8.25. The quantitative estimate of drug-likeness (QED) is 0.686. The van der Waals surface area contributed by atoms with Crippen molar-refractivity contribution in [2.75, 3.05) is 11.9 Å². The van der Waals surface area contributed by atoms with Crippen molar-refractivity contribution in [1.82, 2.24) is 20.0 Å². The molecule has 0 radical (unpaired) electrons. The number of aromatic nitrogens is 4. The third kappa shape index (κ3) is 5.12. The van der Waals surface area contributed by atoms with Crippen LogP contribution in [0, 0.1) is 11.8 Å². The van der Waals surface area contributed by atoms with Gasteiger partial charge in [0.25, 0.3) is 0 Å². The molecule has 10 heteroatoms. The second kappa shape index (κ2) is 9.32. The van der Waals surface area contributed by atoms with Crippen LogP contribution in [0.5, 0.6) is 5.75 Å². The molecule has 2 saturated carbocycles. The summed E-state index contributed by atoms with van der Waals surface area (Å²) in [7, 11) is 1.68. The molecular formula is C21H27N5O5. The van der Waals surface area contributed by atoms with Gasteiger partial charge in [0.15, 0.2) is 11.5 Å². The Bertz CT molecular complexity index is 925. The monoisotopic (exact) mass is 429 g/mol. The summed E-state index contributed by atoms with van der Waals surface area (Å²) in [5, 5.41) is 20.0. The standard InChI is InChI=1S/C21H27N5O5/c1-26-19(23-21(29)30-12-13-4-2-5-13)18(24-25-26)17-9-8-16(11-22-17)31-15-7-3-6-14(10-15)20(27)28/h8-9,11,13-15H,2-7,10,12H2,1H3,(H,23,29)(H,27,28)/t14-,15-/m0/s1. The number of pyridine rings is 1. The first kappa shape index (κ1) is 21.1. The van der Waals surface area contributed by atoms with Crippen LogP contribution in [-0.4, -0.2) is 49.9 Å². The first-order chi connectivity index (χ1) is 15.0. The molecule has 1 amide bonds. The topological polar surface area (TPSA) is 128 Å². The molecule has 0 aliphatic heterocycles. The van der Waals surface area contributed by atoms with Gasteiger partial charge in [0.2, 0.25) is 0 Å². The second-order valence-electron chi connectivity index (χ2n) is 8.25. The van der Waals surface area contributed by atoms with Gasteiger partial charge >= 0.3 is 12.1 Å². The molecule has 0 unspecified atom stereocenters. The lowest BCUT2D eigenvalue weighted by molar-refractivity contribution is -0.143. The lowest BCUT2D eigenvalue weighted by atomic mass is 9.86. The van der Waals surface area contributed by atoms with E-state index < -0.39 is 12.1 Å². The molecule has 2 aliphatic carbocycles. The number of aliphatic carboxylic acids is 1. The Morgan fingerprint density at radius 1 is 1.23 bits per heavy atom. The van der Waals surface area contributed by atoms with Crippen LogP contribution in [0.2, 0.25) is 0 Å². The molecule has 0 aromatic carbocycles. The number of anilines is 1. The Labute approximate surface area is 179 Å². The molecule has 31 heavy (non-hydrogen) atoms. The number of hydrogen-bond acceptors (Lipinski definition) is 7. The fourth-order valence-corrected chi connectivity index (χ4v) is 3.91. The summed E-state index contributed by atoms with van der Waals surface area (Å²) in [6, 6.07) is 3.50. The van der Waals surface area contributed by atoms with Crippen LogP contribution in [0.1, 0.15) is 44.9 Å². The molecular weight excluding hydrogens is 402 g/mol. The van der Waals surface area contributed by atoms with Gasteiger partial charge in [-0.25, -0.2) is 9.48 Å². The highest BCUT2D eigenvalue weighted by molar-refractivity contribution is 5.88. The molecule has 166 valence electrons. The molecule has 4 rings (SSSR count). The molecule has 0 saturated heterocycles. The summed E-state index contributed by atoms with van der Waals surface area (Å²) in [6.07, 6.45) is 7.14. The molecule has 2 N–H and O–H groups in total. The van der Waals surface area contributed by atoms with E-state index in [1.165, 1.54) is 11.1 Å². The van der Waals surface area contributed by atoms with Crippen LogP contribution >= 0.6 is 0 Å². The van der Waals surface area contributed by atoms with Gasteiger partial charge in [-0.3, -0.25) is 15.1 Å². The van der Waals surface area contributed by atoms with E-state index >= 15 is 0 Å². The van der Waals surface area contributed by atoms with Crippen molar-refractivity contribution in [2.45, 2.75) is 51.0 Å². The Hall–Kier alpha value is -3.17. The summed E-state index contributed by atoms with van der Waals surface area (Å²) >= 11 is 0. The number of carbonyl (C=O) groups excluding carboxylic acids is 1. The lowest BCUT2D eigenvalue weighted by Gasteiger charge is -2.27. The molecule has 2 fully saturated rings. The Kier molecular flexibility index (Phi) is 6.34. The van der Waals surface area contributed by atoms with Gasteiger partial charge in [-0.05, 0) is 56.6 Å². The molecule has 0 spiro atoms. The molecule has 2 aromatic heterocycles. The highest BCUT2D eigenvalue weighted by Crippen LogP contribution is 2.30. The largest absolute Gasteiger partial charge is 0.489 e. The van der Waals surface area contributed by atoms with Crippen LogP contribution < -0.4 is 10.1 Å². The first-order valence-corrected chi connectivity index (χ1v) is 10.7. The number of ether oxygens (including phenoxy) is 2. The maximum absolute atomic E-state index is 12.2. The fraction of sp³-hybridized carbons (Fsp3) is 0.571. The number of carboxylic acid groups (broad SMARTS) is 1. The number of carbonyl (C=O) groups is 2. The molecule has 2 heterocycles. The average molecular weight is 429 g/mol. The zero-order valence-electron chi connectivity index (χ0n) is 17.5. The summed E-state index contributed by atoms with van der Waals surface area (Å²) < 4.78 is 12.7. The third-order valence-electron chi connectivity index (χ3n) is 5.98. The summed E-state index contributed by atoms with van der Waals surface area (Å²) in [4.78, 5) is 27.8. The molecule has 2 atom stereocenters. The van der Waals surface area contributed by atoms with Crippen molar-refractivity contribution in [3.63, 3.8) is 0 Å². The van der Waals surface area contributed by atoms with Gasteiger partial charge in [0.1, 0.15) is 5.75 Å².